The van der Waals surface area contributed by atoms with Gasteiger partial charge in [0.15, 0.2) is 0 Å². The van der Waals surface area contributed by atoms with Crippen molar-refractivity contribution < 1.29 is 12.9 Å². The molecular weight excluding hydrogens is 250 g/mol. The van der Waals surface area contributed by atoms with Crippen molar-refractivity contribution in [2.75, 3.05) is 19.0 Å². The van der Waals surface area contributed by atoms with Crippen LogP contribution in [0.3, 0.4) is 0 Å². The number of anilines is 1. The lowest BCUT2D eigenvalue weighted by molar-refractivity contribution is 0.502. The fraction of sp³-hybridized carbons (Fsp3) is 0.286. The van der Waals surface area contributed by atoms with E-state index in [0.29, 0.717) is 11.1 Å². The maximum Gasteiger partial charge on any atom is 0.510 e. The summed E-state index contributed by atoms with van der Waals surface area (Å²) in [6, 6.07) is 6.65. The minimum atomic E-state index is -4.99. The summed E-state index contributed by atoms with van der Waals surface area (Å²) in [5.41, 5.74) is 2.26. The largest absolute Gasteiger partial charge is 0.510 e. The van der Waals surface area contributed by atoms with Gasteiger partial charge in [0.05, 0.1) is 0 Å². The average molecular weight is 264 g/mol. The molecule has 0 saturated heterocycles. The van der Waals surface area contributed by atoms with Crippen LogP contribution in [0.15, 0.2) is 24.3 Å². The number of hydrogen-bond acceptors (Lipinski definition) is 1. The zero-order valence-electron chi connectivity index (χ0n) is 10.9. The Hall–Kier alpha value is -1.65. The number of nitrogens with zero attached hydrogens (tertiary/aromatic N) is 1. The molecule has 1 nitrogen and oxygen atoms in total. The Bertz CT molecular complexity index is 652. The van der Waals surface area contributed by atoms with E-state index in [1.54, 1.807) is 31.1 Å². The van der Waals surface area contributed by atoms with Gasteiger partial charge in [-0.2, -0.15) is 0 Å². The first-order chi connectivity index (χ1) is 8.89. The summed E-state index contributed by atoms with van der Waals surface area (Å²) in [5.74, 6) is 0. The highest BCUT2D eigenvalue weighted by molar-refractivity contribution is 6.76. The van der Waals surface area contributed by atoms with Crippen molar-refractivity contribution in [3.05, 3.63) is 35.4 Å². The molecule has 0 fully saturated rings. The molecule has 0 amide bonds. The standard InChI is InChI=1S/C14H14BF3N/c1-19(2)12-8-6-10-4-3-9-5-7-11(15(16,17)18)14(12)13(9)10/h5-8H,3-4H2,1-2H3/q-1. The van der Waals surface area contributed by atoms with Crippen LogP contribution in [0.4, 0.5) is 18.6 Å². The predicted molar refractivity (Wildman–Crippen MR) is 74.4 cm³/mol. The third kappa shape index (κ3) is 1.79. The van der Waals surface area contributed by atoms with E-state index >= 15 is 0 Å². The highest BCUT2D eigenvalue weighted by atomic mass is 19.4. The van der Waals surface area contributed by atoms with Crippen molar-refractivity contribution in [2.24, 2.45) is 0 Å². The van der Waals surface area contributed by atoms with E-state index in [9.17, 15) is 12.9 Å². The maximum absolute atomic E-state index is 13.3. The Morgan fingerprint density at radius 2 is 1.47 bits per heavy atom. The molecule has 0 N–H and O–H groups in total. The van der Waals surface area contributed by atoms with Gasteiger partial charge in [0.2, 0.25) is 0 Å². The van der Waals surface area contributed by atoms with Crippen molar-refractivity contribution in [1.29, 1.82) is 0 Å². The molecule has 2 aromatic carbocycles. The van der Waals surface area contributed by atoms with Crippen LogP contribution < -0.4 is 10.4 Å². The molecule has 0 radical (unpaired) electrons. The third-order valence-electron chi connectivity index (χ3n) is 3.84. The zero-order chi connectivity index (χ0) is 13.8. The molecule has 0 heterocycles. The van der Waals surface area contributed by atoms with Crippen LogP contribution in [0, 0.1) is 0 Å². The van der Waals surface area contributed by atoms with Gasteiger partial charge >= 0.3 is 6.98 Å². The molecule has 0 bridgehead atoms. The second kappa shape index (κ2) is 3.92. The molecule has 0 unspecified atom stereocenters. The Morgan fingerprint density at radius 1 is 0.895 bits per heavy atom. The molecule has 0 atom stereocenters. The summed E-state index contributed by atoms with van der Waals surface area (Å²) in [6.07, 6.45) is 1.68. The minimum absolute atomic E-state index is 0.380. The summed E-state index contributed by atoms with van der Waals surface area (Å²) in [6.45, 7) is -4.99. The van der Waals surface area contributed by atoms with Crippen LogP contribution in [0.25, 0.3) is 10.8 Å². The fourth-order valence-electron chi connectivity index (χ4n) is 2.98. The third-order valence-corrected chi connectivity index (χ3v) is 3.84. The highest BCUT2D eigenvalue weighted by Crippen LogP contribution is 2.36. The first-order valence-corrected chi connectivity index (χ1v) is 6.34. The number of rotatable bonds is 2. The van der Waals surface area contributed by atoms with Gasteiger partial charge in [-0.25, -0.2) is 0 Å². The molecule has 0 aliphatic heterocycles. The molecule has 0 aromatic heterocycles. The van der Waals surface area contributed by atoms with E-state index in [2.05, 4.69) is 0 Å². The quantitative estimate of drug-likeness (QED) is 0.753. The highest BCUT2D eigenvalue weighted by Gasteiger charge is 2.30. The lowest BCUT2D eigenvalue weighted by Crippen LogP contribution is -2.35. The van der Waals surface area contributed by atoms with Crippen LogP contribution >= 0.6 is 0 Å². The van der Waals surface area contributed by atoms with Gasteiger partial charge in [0.25, 0.3) is 0 Å². The summed E-state index contributed by atoms with van der Waals surface area (Å²) in [7, 11) is 3.57. The first kappa shape index (κ1) is 12.4. The number of benzene rings is 2. The number of halogens is 3. The topological polar surface area (TPSA) is 3.24 Å². The van der Waals surface area contributed by atoms with E-state index in [4.69, 9.17) is 0 Å². The molecule has 1 aliphatic carbocycles. The molecule has 5 heteroatoms. The van der Waals surface area contributed by atoms with Crippen LogP contribution in [0.5, 0.6) is 0 Å². The van der Waals surface area contributed by atoms with Gasteiger partial charge in [-0.3, -0.25) is 0 Å². The molecule has 1 aliphatic rings. The van der Waals surface area contributed by atoms with Crippen molar-refractivity contribution in [1.82, 2.24) is 0 Å². The van der Waals surface area contributed by atoms with Crippen molar-refractivity contribution >= 4 is 28.9 Å². The lowest BCUT2D eigenvalue weighted by atomic mass is 9.75. The SMILES string of the molecule is CN(C)c1ccc2c3c(ccc([B-](F)(F)F)c13)CC2. The first-order valence-electron chi connectivity index (χ1n) is 6.34. The van der Waals surface area contributed by atoms with Gasteiger partial charge in [0, 0.05) is 19.8 Å². The smallest absolute Gasteiger partial charge is 0.445 e. The van der Waals surface area contributed by atoms with Crippen LogP contribution in [0.1, 0.15) is 11.1 Å². The molecule has 3 rings (SSSR count). The molecule has 19 heavy (non-hydrogen) atoms. The van der Waals surface area contributed by atoms with Crippen molar-refractivity contribution in [2.45, 2.75) is 12.8 Å². The van der Waals surface area contributed by atoms with Crippen LogP contribution in [-0.4, -0.2) is 21.1 Å². The van der Waals surface area contributed by atoms with Gasteiger partial charge < -0.3 is 17.8 Å². The monoisotopic (exact) mass is 264 g/mol. The van der Waals surface area contributed by atoms with E-state index < -0.39 is 12.4 Å². The minimum Gasteiger partial charge on any atom is -0.445 e. The van der Waals surface area contributed by atoms with Crippen molar-refractivity contribution in [3.8, 4) is 0 Å². The van der Waals surface area contributed by atoms with Gasteiger partial charge in [0.1, 0.15) is 0 Å². The van der Waals surface area contributed by atoms with E-state index in [-0.39, 0.29) is 0 Å². The maximum atomic E-state index is 13.3. The van der Waals surface area contributed by atoms with Gasteiger partial charge in [-0.15, -0.1) is 0 Å². The number of hydrogen-bond donors (Lipinski definition) is 0. The Morgan fingerprint density at radius 3 is 2.00 bits per heavy atom. The van der Waals surface area contributed by atoms with E-state index in [1.807, 2.05) is 6.07 Å². The summed E-state index contributed by atoms with van der Waals surface area (Å²) >= 11 is 0. The van der Waals surface area contributed by atoms with E-state index in [1.165, 1.54) is 6.07 Å². The van der Waals surface area contributed by atoms with E-state index in [0.717, 1.165) is 29.4 Å². The molecule has 2 aromatic rings. The Labute approximate surface area is 110 Å². The van der Waals surface area contributed by atoms with Gasteiger partial charge in [-0.05, 0) is 40.8 Å². The average Bonchev–Trinajstić information content (AvgIpc) is 2.73. The molecule has 0 spiro atoms. The molecular formula is C14H14BF3N-. The molecule has 0 saturated carbocycles. The summed E-state index contributed by atoms with van der Waals surface area (Å²) in [4.78, 5) is 1.76. The predicted octanol–water partition coefficient (Wildman–Crippen LogP) is 3.06. The fourth-order valence-corrected chi connectivity index (χ4v) is 2.98. The van der Waals surface area contributed by atoms with Crippen LogP contribution in [-0.2, 0) is 12.8 Å². The summed E-state index contributed by atoms with van der Waals surface area (Å²) < 4.78 is 39.9. The van der Waals surface area contributed by atoms with Gasteiger partial charge in [-0.1, -0.05) is 23.7 Å². The Balaban J connectivity index is 2.47. The second-order valence-electron chi connectivity index (χ2n) is 5.28. The van der Waals surface area contributed by atoms with Crippen molar-refractivity contribution in [3.63, 3.8) is 0 Å². The normalized spacial score (nSPS) is 14.2. The lowest BCUT2D eigenvalue weighted by Gasteiger charge is -2.24. The Kier molecular flexibility index (Phi) is 2.56. The number of aryl methyl sites for hydroxylation is 2. The zero-order valence-corrected chi connectivity index (χ0v) is 10.9. The second-order valence-corrected chi connectivity index (χ2v) is 5.28. The summed E-state index contributed by atoms with van der Waals surface area (Å²) in [5, 5.41) is 1.20. The van der Waals surface area contributed by atoms with Crippen LogP contribution in [0.2, 0.25) is 0 Å². The molecule has 100 valence electrons.